The number of anilines is 2. The lowest BCUT2D eigenvalue weighted by molar-refractivity contribution is 0.0531. The van der Waals surface area contributed by atoms with Crippen LogP contribution in [0.5, 0.6) is 0 Å². The average molecular weight is 390 g/mol. The molecule has 0 unspecified atom stereocenters. The average Bonchev–Trinajstić information content (AvgIpc) is 3.03. The third-order valence-corrected chi connectivity index (χ3v) is 5.24. The number of hydrogen-bond donors (Lipinski definition) is 1. The Morgan fingerprint density at radius 1 is 1.26 bits per heavy atom. The standard InChI is InChI=1S/C17H22N6O3S/c1-4-26-16(25)14-11(2)20-17(27-14)21-15(24)12-9-13(19-10-18-12)23-7-5-22(3)6-8-23/h9-10H,4-8H2,1-3H3,(H,20,21,24). The predicted molar refractivity (Wildman–Crippen MR) is 103 cm³/mol. The van der Waals surface area contributed by atoms with Crippen molar-refractivity contribution < 1.29 is 14.3 Å². The van der Waals surface area contributed by atoms with Crippen molar-refractivity contribution in [1.29, 1.82) is 0 Å². The van der Waals surface area contributed by atoms with Crippen LogP contribution in [0, 0.1) is 6.92 Å². The Hall–Kier alpha value is -2.59. The number of likely N-dealkylation sites (N-methyl/N-ethyl adjacent to an activating group) is 1. The Balaban J connectivity index is 1.70. The molecular weight excluding hydrogens is 368 g/mol. The topological polar surface area (TPSA) is 101 Å². The van der Waals surface area contributed by atoms with Gasteiger partial charge in [-0.05, 0) is 20.9 Å². The summed E-state index contributed by atoms with van der Waals surface area (Å²) in [7, 11) is 2.08. The molecule has 0 radical (unpaired) electrons. The number of rotatable bonds is 5. The van der Waals surface area contributed by atoms with E-state index in [1.54, 1.807) is 19.9 Å². The second kappa shape index (κ2) is 8.40. The zero-order chi connectivity index (χ0) is 19.4. The van der Waals surface area contributed by atoms with E-state index in [0.29, 0.717) is 15.7 Å². The molecule has 1 aliphatic heterocycles. The lowest BCUT2D eigenvalue weighted by atomic mass is 10.3. The highest BCUT2D eigenvalue weighted by molar-refractivity contribution is 7.17. The van der Waals surface area contributed by atoms with E-state index in [4.69, 9.17) is 4.74 Å². The Labute approximate surface area is 161 Å². The fraction of sp³-hybridized carbons (Fsp3) is 0.471. The molecule has 1 aliphatic rings. The number of carbonyl (C=O) groups is 2. The maximum absolute atomic E-state index is 12.5. The monoisotopic (exact) mass is 390 g/mol. The number of aromatic nitrogens is 3. The molecule has 1 amide bonds. The molecule has 0 bridgehead atoms. The number of piperazine rings is 1. The highest BCUT2D eigenvalue weighted by Crippen LogP contribution is 2.24. The summed E-state index contributed by atoms with van der Waals surface area (Å²) in [5.41, 5.74) is 0.777. The molecule has 27 heavy (non-hydrogen) atoms. The SMILES string of the molecule is CCOC(=O)c1sc(NC(=O)c2cc(N3CCN(C)CC3)ncn2)nc1C. The van der Waals surface area contributed by atoms with E-state index in [1.165, 1.54) is 6.33 Å². The summed E-state index contributed by atoms with van der Waals surface area (Å²) in [4.78, 5) is 41.8. The largest absolute Gasteiger partial charge is 0.462 e. The molecule has 9 nitrogen and oxygen atoms in total. The number of ether oxygens (including phenoxy) is 1. The summed E-state index contributed by atoms with van der Waals surface area (Å²) < 4.78 is 4.99. The molecule has 0 aromatic carbocycles. The summed E-state index contributed by atoms with van der Waals surface area (Å²) in [5.74, 6) is -0.102. The Bertz CT molecular complexity index is 832. The molecular formula is C17H22N6O3S. The first kappa shape index (κ1) is 19.2. The van der Waals surface area contributed by atoms with Crippen LogP contribution in [-0.2, 0) is 4.74 Å². The minimum absolute atomic E-state index is 0.254. The molecule has 144 valence electrons. The van der Waals surface area contributed by atoms with Gasteiger partial charge in [0.2, 0.25) is 0 Å². The third-order valence-electron chi connectivity index (χ3n) is 4.19. The van der Waals surface area contributed by atoms with Gasteiger partial charge >= 0.3 is 5.97 Å². The van der Waals surface area contributed by atoms with Crippen LogP contribution in [0.4, 0.5) is 10.9 Å². The van der Waals surface area contributed by atoms with Gasteiger partial charge < -0.3 is 14.5 Å². The number of esters is 1. The first-order valence-corrected chi connectivity index (χ1v) is 9.51. The van der Waals surface area contributed by atoms with Crippen LogP contribution >= 0.6 is 11.3 Å². The van der Waals surface area contributed by atoms with Gasteiger partial charge in [-0.3, -0.25) is 10.1 Å². The molecule has 1 N–H and O–H groups in total. The van der Waals surface area contributed by atoms with Gasteiger partial charge in [0, 0.05) is 32.2 Å². The normalized spacial score (nSPS) is 14.9. The van der Waals surface area contributed by atoms with Crippen LogP contribution in [0.3, 0.4) is 0 Å². The van der Waals surface area contributed by atoms with Crippen molar-refractivity contribution in [3.8, 4) is 0 Å². The minimum Gasteiger partial charge on any atom is -0.462 e. The smallest absolute Gasteiger partial charge is 0.350 e. The highest BCUT2D eigenvalue weighted by atomic mass is 32.1. The molecule has 2 aromatic heterocycles. The zero-order valence-corrected chi connectivity index (χ0v) is 16.4. The molecule has 0 saturated carbocycles. The fourth-order valence-corrected chi connectivity index (χ4v) is 3.53. The lowest BCUT2D eigenvalue weighted by Crippen LogP contribution is -2.44. The maximum atomic E-state index is 12.5. The lowest BCUT2D eigenvalue weighted by Gasteiger charge is -2.33. The van der Waals surface area contributed by atoms with E-state index < -0.39 is 11.9 Å². The Kier molecular flexibility index (Phi) is 5.97. The number of thiazole rings is 1. The van der Waals surface area contributed by atoms with Crippen molar-refractivity contribution in [2.24, 2.45) is 0 Å². The number of carbonyl (C=O) groups excluding carboxylic acids is 2. The molecule has 2 aromatic rings. The minimum atomic E-state index is -0.438. The number of hydrogen-bond acceptors (Lipinski definition) is 9. The second-order valence-electron chi connectivity index (χ2n) is 6.16. The van der Waals surface area contributed by atoms with E-state index in [1.807, 2.05) is 0 Å². The van der Waals surface area contributed by atoms with E-state index in [9.17, 15) is 9.59 Å². The first-order chi connectivity index (χ1) is 13.0. The van der Waals surface area contributed by atoms with E-state index in [-0.39, 0.29) is 12.3 Å². The summed E-state index contributed by atoms with van der Waals surface area (Å²) in [5, 5.41) is 3.03. The Morgan fingerprint density at radius 2 is 2.00 bits per heavy atom. The van der Waals surface area contributed by atoms with Crippen LogP contribution in [0.2, 0.25) is 0 Å². The molecule has 0 spiro atoms. The summed E-state index contributed by atoms with van der Waals surface area (Å²) in [6.45, 7) is 7.32. The highest BCUT2D eigenvalue weighted by Gasteiger charge is 2.20. The number of nitrogens with zero attached hydrogens (tertiary/aromatic N) is 5. The van der Waals surface area contributed by atoms with E-state index in [0.717, 1.165) is 43.3 Å². The number of amides is 1. The van der Waals surface area contributed by atoms with Gasteiger partial charge in [-0.1, -0.05) is 11.3 Å². The Morgan fingerprint density at radius 3 is 2.70 bits per heavy atom. The van der Waals surface area contributed by atoms with Crippen molar-refractivity contribution in [2.75, 3.05) is 50.1 Å². The quantitative estimate of drug-likeness (QED) is 0.765. The van der Waals surface area contributed by atoms with Gasteiger partial charge in [0.25, 0.3) is 5.91 Å². The molecule has 3 rings (SSSR count). The zero-order valence-electron chi connectivity index (χ0n) is 15.6. The van der Waals surface area contributed by atoms with Crippen molar-refractivity contribution in [3.63, 3.8) is 0 Å². The number of aryl methyl sites for hydroxylation is 1. The van der Waals surface area contributed by atoms with Crippen LogP contribution in [0.1, 0.15) is 32.8 Å². The van der Waals surface area contributed by atoms with Gasteiger partial charge in [0.05, 0.1) is 12.3 Å². The predicted octanol–water partition coefficient (Wildman–Crippen LogP) is 1.42. The molecule has 0 aliphatic carbocycles. The summed E-state index contributed by atoms with van der Waals surface area (Å²) in [6, 6.07) is 1.67. The van der Waals surface area contributed by atoms with E-state index >= 15 is 0 Å². The second-order valence-corrected chi connectivity index (χ2v) is 7.16. The molecule has 0 atom stereocenters. The van der Waals surface area contributed by atoms with Crippen LogP contribution in [-0.4, -0.2) is 71.6 Å². The number of nitrogens with one attached hydrogen (secondary N) is 1. The summed E-state index contributed by atoms with van der Waals surface area (Å²) >= 11 is 1.09. The van der Waals surface area contributed by atoms with Gasteiger partial charge in [-0.2, -0.15) is 0 Å². The first-order valence-electron chi connectivity index (χ1n) is 8.69. The van der Waals surface area contributed by atoms with Crippen molar-refractivity contribution >= 4 is 34.2 Å². The van der Waals surface area contributed by atoms with E-state index in [2.05, 4.69) is 37.1 Å². The van der Waals surface area contributed by atoms with Gasteiger partial charge in [-0.15, -0.1) is 0 Å². The van der Waals surface area contributed by atoms with Crippen LogP contribution in [0.25, 0.3) is 0 Å². The van der Waals surface area contributed by atoms with Crippen molar-refractivity contribution in [3.05, 3.63) is 28.7 Å². The molecule has 10 heteroatoms. The van der Waals surface area contributed by atoms with Crippen LogP contribution in [0.15, 0.2) is 12.4 Å². The molecule has 3 heterocycles. The van der Waals surface area contributed by atoms with Crippen molar-refractivity contribution in [2.45, 2.75) is 13.8 Å². The fourth-order valence-electron chi connectivity index (χ4n) is 2.68. The molecule has 1 saturated heterocycles. The van der Waals surface area contributed by atoms with Gasteiger partial charge in [0.1, 0.15) is 22.7 Å². The van der Waals surface area contributed by atoms with Crippen molar-refractivity contribution in [1.82, 2.24) is 19.9 Å². The maximum Gasteiger partial charge on any atom is 0.350 e. The molecule has 1 fully saturated rings. The van der Waals surface area contributed by atoms with Crippen LogP contribution < -0.4 is 10.2 Å². The van der Waals surface area contributed by atoms with Gasteiger partial charge in [0.15, 0.2) is 5.13 Å². The third kappa shape index (κ3) is 4.58. The summed E-state index contributed by atoms with van der Waals surface area (Å²) in [6.07, 6.45) is 1.39. The van der Waals surface area contributed by atoms with Gasteiger partial charge in [-0.25, -0.2) is 19.7 Å².